The van der Waals surface area contributed by atoms with Crippen molar-refractivity contribution in [3.8, 4) is 0 Å². The van der Waals surface area contributed by atoms with Crippen molar-refractivity contribution >= 4 is 5.57 Å². The predicted octanol–water partition coefficient (Wildman–Crippen LogP) is 1.97. The summed E-state index contributed by atoms with van der Waals surface area (Å²) in [5.74, 6) is 0. The van der Waals surface area contributed by atoms with E-state index in [1.165, 1.54) is 29.5 Å². The Kier molecular flexibility index (Phi) is 2.64. The predicted molar refractivity (Wildman–Crippen MR) is 59.1 cm³/mol. The number of rotatable bonds is 2. The Balaban J connectivity index is 2.21. The van der Waals surface area contributed by atoms with Crippen LogP contribution < -0.4 is 0 Å². The van der Waals surface area contributed by atoms with Gasteiger partial charge in [-0.2, -0.15) is 0 Å². The molecule has 0 radical (unpaired) electrons. The van der Waals surface area contributed by atoms with E-state index in [2.05, 4.69) is 36.1 Å². The van der Waals surface area contributed by atoms with Crippen molar-refractivity contribution in [1.29, 1.82) is 0 Å². The smallest absolute Gasteiger partial charge is 0.0345 e. The van der Waals surface area contributed by atoms with Crippen molar-refractivity contribution in [2.75, 3.05) is 20.6 Å². The summed E-state index contributed by atoms with van der Waals surface area (Å²) in [6, 6.07) is 2.13. The molecule has 0 N–H and O–H groups in total. The van der Waals surface area contributed by atoms with E-state index >= 15 is 0 Å². The first kappa shape index (κ1) is 9.41. The molecule has 0 amide bonds. The summed E-state index contributed by atoms with van der Waals surface area (Å²) in [6.07, 6.45) is 8.54. The van der Waals surface area contributed by atoms with Crippen LogP contribution >= 0.6 is 0 Å². The summed E-state index contributed by atoms with van der Waals surface area (Å²) in [6.45, 7) is 1.02. The van der Waals surface area contributed by atoms with Gasteiger partial charge in [-0.25, -0.2) is 0 Å². The minimum Gasteiger partial charge on any atom is -0.306 e. The van der Waals surface area contributed by atoms with Crippen LogP contribution in [0.1, 0.15) is 17.5 Å². The molecule has 0 bridgehead atoms. The van der Waals surface area contributed by atoms with Gasteiger partial charge in [-0.1, -0.05) is 6.08 Å². The first-order valence-electron chi connectivity index (χ1n) is 5.04. The lowest BCUT2D eigenvalue weighted by Crippen LogP contribution is -2.10. The van der Waals surface area contributed by atoms with Crippen molar-refractivity contribution in [2.24, 2.45) is 0 Å². The second-order valence-corrected chi connectivity index (χ2v) is 4.02. The Morgan fingerprint density at radius 1 is 1.43 bits per heavy atom. The molecule has 2 nitrogen and oxygen atoms in total. The number of aryl methyl sites for hydroxylation is 1. The van der Waals surface area contributed by atoms with Gasteiger partial charge in [0.15, 0.2) is 0 Å². The van der Waals surface area contributed by atoms with E-state index in [0.29, 0.717) is 0 Å². The van der Waals surface area contributed by atoms with Gasteiger partial charge in [-0.05, 0) is 49.7 Å². The highest BCUT2D eigenvalue weighted by molar-refractivity contribution is 5.71. The first-order valence-corrected chi connectivity index (χ1v) is 5.04. The maximum atomic E-state index is 4.18. The quantitative estimate of drug-likeness (QED) is 0.705. The second-order valence-electron chi connectivity index (χ2n) is 4.02. The van der Waals surface area contributed by atoms with E-state index < -0.39 is 0 Å². The summed E-state index contributed by atoms with van der Waals surface area (Å²) in [4.78, 5) is 6.36. The van der Waals surface area contributed by atoms with E-state index in [1.807, 2.05) is 12.4 Å². The zero-order chi connectivity index (χ0) is 9.97. The molecule has 1 aromatic rings. The van der Waals surface area contributed by atoms with E-state index in [-0.39, 0.29) is 0 Å². The lowest BCUT2D eigenvalue weighted by Gasteiger charge is -2.06. The molecule has 0 atom stereocenters. The van der Waals surface area contributed by atoms with Gasteiger partial charge in [0.25, 0.3) is 0 Å². The Bertz CT molecular complexity index is 353. The molecule has 74 valence electrons. The van der Waals surface area contributed by atoms with Gasteiger partial charge >= 0.3 is 0 Å². The van der Waals surface area contributed by atoms with Crippen molar-refractivity contribution in [1.82, 2.24) is 9.88 Å². The van der Waals surface area contributed by atoms with Crippen LogP contribution in [0.2, 0.25) is 0 Å². The number of likely N-dealkylation sites (N-methyl/N-ethyl adjacent to an activating group) is 1. The zero-order valence-corrected chi connectivity index (χ0v) is 8.83. The van der Waals surface area contributed by atoms with E-state index in [9.17, 15) is 0 Å². The largest absolute Gasteiger partial charge is 0.306 e. The minimum absolute atomic E-state index is 1.02. The summed E-state index contributed by atoms with van der Waals surface area (Å²) in [5.41, 5.74) is 4.26. The van der Waals surface area contributed by atoms with Crippen molar-refractivity contribution in [2.45, 2.75) is 12.8 Å². The van der Waals surface area contributed by atoms with Gasteiger partial charge in [0.1, 0.15) is 0 Å². The zero-order valence-electron chi connectivity index (χ0n) is 8.83. The van der Waals surface area contributed by atoms with Crippen molar-refractivity contribution < 1.29 is 0 Å². The number of nitrogens with zero attached hydrogens (tertiary/aromatic N) is 2. The molecule has 0 saturated carbocycles. The van der Waals surface area contributed by atoms with Gasteiger partial charge in [-0.3, -0.25) is 4.98 Å². The van der Waals surface area contributed by atoms with E-state index in [1.54, 1.807) is 0 Å². The first-order chi connectivity index (χ1) is 6.77. The van der Waals surface area contributed by atoms with Crippen LogP contribution in [0.5, 0.6) is 0 Å². The molecule has 1 aromatic heterocycles. The molecular weight excluding hydrogens is 172 g/mol. The summed E-state index contributed by atoms with van der Waals surface area (Å²) in [5, 5.41) is 0. The van der Waals surface area contributed by atoms with Crippen LogP contribution in [0.25, 0.3) is 5.57 Å². The van der Waals surface area contributed by atoms with Crippen molar-refractivity contribution in [3.05, 3.63) is 35.7 Å². The molecule has 1 heterocycles. The molecule has 0 unspecified atom stereocenters. The molecule has 14 heavy (non-hydrogen) atoms. The summed E-state index contributed by atoms with van der Waals surface area (Å²) < 4.78 is 0. The molecule has 1 aliphatic rings. The Labute approximate surface area is 85.3 Å². The number of pyridine rings is 1. The van der Waals surface area contributed by atoms with Crippen LogP contribution in [0.4, 0.5) is 0 Å². The highest BCUT2D eigenvalue weighted by Crippen LogP contribution is 2.30. The third-order valence-corrected chi connectivity index (χ3v) is 2.62. The minimum atomic E-state index is 1.02. The van der Waals surface area contributed by atoms with Crippen molar-refractivity contribution in [3.63, 3.8) is 0 Å². The lowest BCUT2D eigenvalue weighted by molar-refractivity contribution is 0.456. The number of hydrogen-bond donors (Lipinski definition) is 0. The Morgan fingerprint density at radius 2 is 2.29 bits per heavy atom. The maximum Gasteiger partial charge on any atom is 0.0345 e. The van der Waals surface area contributed by atoms with Gasteiger partial charge in [-0.15, -0.1) is 0 Å². The van der Waals surface area contributed by atoms with Crippen LogP contribution in [0.3, 0.4) is 0 Å². The molecule has 0 aliphatic heterocycles. The lowest BCUT2D eigenvalue weighted by atomic mass is 10.1. The fraction of sp³-hybridized carbons (Fsp3) is 0.417. The molecular formula is C12H16N2. The Hall–Kier alpha value is -1.15. The molecule has 0 fully saturated rings. The normalized spacial score (nSPS) is 17.8. The number of hydrogen-bond acceptors (Lipinski definition) is 2. The molecule has 0 saturated heterocycles. The molecule has 0 aromatic carbocycles. The SMILES string of the molecule is CN(C)C/C=C1\CCc2ccncc21. The fourth-order valence-corrected chi connectivity index (χ4v) is 1.84. The number of fused-ring (bicyclic) bond motifs is 1. The van der Waals surface area contributed by atoms with E-state index in [4.69, 9.17) is 0 Å². The van der Waals surface area contributed by atoms with E-state index in [0.717, 1.165) is 6.54 Å². The van der Waals surface area contributed by atoms with Crippen LogP contribution in [0.15, 0.2) is 24.5 Å². The maximum absolute atomic E-state index is 4.18. The van der Waals surface area contributed by atoms with Gasteiger partial charge in [0.05, 0.1) is 0 Å². The number of allylic oxidation sites excluding steroid dienone is 1. The van der Waals surface area contributed by atoms with Crippen LogP contribution in [0, 0.1) is 0 Å². The summed E-state index contributed by atoms with van der Waals surface area (Å²) >= 11 is 0. The van der Waals surface area contributed by atoms with Gasteiger partial charge < -0.3 is 4.90 Å². The third kappa shape index (κ3) is 1.85. The monoisotopic (exact) mass is 188 g/mol. The highest BCUT2D eigenvalue weighted by atomic mass is 15.0. The Morgan fingerprint density at radius 3 is 3.07 bits per heavy atom. The third-order valence-electron chi connectivity index (χ3n) is 2.62. The molecule has 2 heteroatoms. The molecule has 1 aliphatic carbocycles. The molecule has 0 spiro atoms. The average Bonchev–Trinajstić information content (AvgIpc) is 2.58. The summed E-state index contributed by atoms with van der Waals surface area (Å²) in [7, 11) is 4.19. The number of aromatic nitrogens is 1. The van der Waals surface area contributed by atoms with Gasteiger partial charge in [0.2, 0.25) is 0 Å². The highest BCUT2D eigenvalue weighted by Gasteiger charge is 2.14. The van der Waals surface area contributed by atoms with Gasteiger partial charge in [0, 0.05) is 18.9 Å². The molecule has 2 rings (SSSR count). The van der Waals surface area contributed by atoms with Crippen LogP contribution in [-0.2, 0) is 6.42 Å². The van der Waals surface area contributed by atoms with Crippen LogP contribution in [-0.4, -0.2) is 30.5 Å². The average molecular weight is 188 g/mol. The standard InChI is InChI=1S/C12H16N2/c1-14(2)8-6-11-4-3-10-5-7-13-9-12(10)11/h5-7,9H,3-4,8H2,1-2H3/b11-6+. The topological polar surface area (TPSA) is 16.1 Å². The fourth-order valence-electron chi connectivity index (χ4n) is 1.84. The second kappa shape index (κ2) is 3.93.